The molecule has 3 amide bonds. The van der Waals surface area contributed by atoms with Crippen LogP contribution in [-0.4, -0.2) is 42.5 Å². The molecule has 0 radical (unpaired) electrons. The predicted molar refractivity (Wildman–Crippen MR) is 74.5 cm³/mol. The maximum Gasteiger partial charge on any atom is 0.312 e. The van der Waals surface area contributed by atoms with E-state index in [4.69, 9.17) is 11.5 Å². The van der Waals surface area contributed by atoms with Crippen LogP contribution in [0, 0.1) is 5.92 Å². The highest BCUT2D eigenvalue weighted by atomic mass is 35.5. The largest absolute Gasteiger partial charge is 0.352 e. The summed E-state index contributed by atoms with van der Waals surface area (Å²) in [7, 11) is 1.69. The van der Waals surface area contributed by atoms with Crippen LogP contribution in [0.25, 0.3) is 0 Å². The zero-order valence-electron chi connectivity index (χ0n) is 11.5. The fourth-order valence-corrected chi connectivity index (χ4v) is 1.39. The summed E-state index contributed by atoms with van der Waals surface area (Å²) in [6, 6.07) is -1.23. The number of likely N-dealkylation sites (N-methyl/N-ethyl adjacent to an activating group) is 1. The van der Waals surface area contributed by atoms with Crippen molar-refractivity contribution in [2.75, 3.05) is 13.6 Å². The molecule has 0 aliphatic carbocycles. The molecule has 0 aromatic rings. The monoisotopic (exact) mass is 280 g/mol. The number of hydrogen-bond acceptors (Lipinski definition) is 3. The highest BCUT2D eigenvalue weighted by Crippen LogP contribution is 2.04. The van der Waals surface area contributed by atoms with Gasteiger partial charge in [-0.25, -0.2) is 4.79 Å². The summed E-state index contributed by atoms with van der Waals surface area (Å²) in [5, 5.41) is 2.35. The van der Waals surface area contributed by atoms with E-state index in [0.717, 1.165) is 6.42 Å². The number of urea groups is 1. The first-order valence-electron chi connectivity index (χ1n) is 5.82. The lowest BCUT2D eigenvalue weighted by atomic mass is 10.0. The first-order valence-corrected chi connectivity index (χ1v) is 5.82. The normalized spacial score (nSPS) is 13.4. The summed E-state index contributed by atoms with van der Waals surface area (Å²) in [5.74, 6) is 0.222. The molecule has 0 aromatic carbocycles. The van der Waals surface area contributed by atoms with Gasteiger partial charge in [0.05, 0.1) is 0 Å². The van der Waals surface area contributed by atoms with Crippen molar-refractivity contribution in [1.29, 1.82) is 0 Å². The number of primary amides is 1. The van der Waals surface area contributed by atoms with Gasteiger partial charge >= 0.3 is 6.03 Å². The number of nitrogens with two attached hydrogens (primary N) is 2. The zero-order chi connectivity index (χ0) is 13.6. The highest BCUT2D eigenvalue weighted by molar-refractivity contribution is 5.86. The standard InChI is InChI=1S/C11H24N4O2.ClH/c1-7(2)9(12)5-6-15(4)10(16)8(3)14-11(13)17;/h7-9H,5-6,12H2,1-4H3,(H3,13,14,17);1H. The maximum absolute atomic E-state index is 11.8. The average Bonchev–Trinajstić information content (AvgIpc) is 2.22. The van der Waals surface area contributed by atoms with Crippen molar-refractivity contribution < 1.29 is 9.59 Å². The van der Waals surface area contributed by atoms with E-state index in [1.807, 2.05) is 13.8 Å². The smallest absolute Gasteiger partial charge is 0.312 e. The van der Waals surface area contributed by atoms with Gasteiger partial charge in [0.1, 0.15) is 6.04 Å². The van der Waals surface area contributed by atoms with E-state index in [1.54, 1.807) is 18.9 Å². The molecule has 2 unspecified atom stereocenters. The topological polar surface area (TPSA) is 101 Å². The Kier molecular flexibility index (Phi) is 9.66. The van der Waals surface area contributed by atoms with Gasteiger partial charge in [-0.15, -0.1) is 12.4 Å². The average molecular weight is 281 g/mol. The molecule has 0 saturated heterocycles. The molecule has 7 heteroatoms. The van der Waals surface area contributed by atoms with Crippen molar-refractivity contribution in [1.82, 2.24) is 10.2 Å². The van der Waals surface area contributed by atoms with Crippen molar-refractivity contribution >= 4 is 24.3 Å². The van der Waals surface area contributed by atoms with Crippen molar-refractivity contribution in [3.63, 3.8) is 0 Å². The van der Waals surface area contributed by atoms with Crippen LogP contribution in [0.15, 0.2) is 0 Å². The van der Waals surface area contributed by atoms with Gasteiger partial charge < -0.3 is 21.7 Å². The molecular weight excluding hydrogens is 256 g/mol. The van der Waals surface area contributed by atoms with Crippen LogP contribution >= 0.6 is 12.4 Å². The summed E-state index contributed by atoms with van der Waals surface area (Å²) < 4.78 is 0. The van der Waals surface area contributed by atoms with Crippen molar-refractivity contribution in [3.8, 4) is 0 Å². The summed E-state index contributed by atoms with van der Waals surface area (Å²) in [5.41, 5.74) is 10.8. The van der Waals surface area contributed by atoms with Gasteiger partial charge in [0.25, 0.3) is 0 Å². The molecule has 2 atom stereocenters. The number of halogens is 1. The van der Waals surface area contributed by atoms with Gasteiger partial charge in [-0.05, 0) is 19.3 Å². The Balaban J connectivity index is 0. The molecule has 0 aromatic heterocycles. The fraction of sp³-hybridized carbons (Fsp3) is 0.818. The third-order valence-corrected chi connectivity index (χ3v) is 2.76. The van der Waals surface area contributed by atoms with Gasteiger partial charge in [0.15, 0.2) is 0 Å². The number of carbonyl (C=O) groups is 2. The number of hydrogen-bond donors (Lipinski definition) is 3. The Morgan fingerprint density at radius 3 is 2.17 bits per heavy atom. The number of amides is 3. The van der Waals surface area contributed by atoms with E-state index >= 15 is 0 Å². The van der Waals surface area contributed by atoms with Crippen molar-refractivity contribution in [2.45, 2.75) is 39.3 Å². The molecular formula is C11H25ClN4O2. The molecule has 5 N–H and O–H groups in total. The lowest BCUT2D eigenvalue weighted by Crippen LogP contribution is -2.48. The third kappa shape index (κ3) is 7.34. The summed E-state index contributed by atoms with van der Waals surface area (Å²) in [6.45, 7) is 6.27. The Hall–Kier alpha value is -1.01. The summed E-state index contributed by atoms with van der Waals surface area (Å²) in [6.07, 6.45) is 0.739. The second kappa shape index (κ2) is 8.99. The first kappa shape index (κ1) is 19.3. The quantitative estimate of drug-likeness (QED) is 0.652. The van der Waals surface area contributed by atoms with Gasteiger partial charge in [-0.2, -0.15) is 0 Å². The lowest BCUT2D eigenvalue weighted by molar-refractivity contribution is -0.131. The Morgan fingerprint density at radius 1 is 1.28 bits per heavy atom. The number of nitrogens with one attached hydrogen (secondary N) is 1. The minimum absolute atomic E-state index is 0. The van der Waals surface area contributed by atoms with E-state index in [2.05, 4.69) is 5.32 Å². The minimum Gasteiger partial charge on any atom is -0.352 e. The molecule has 0 heterocycles. The lowest BCUT2D eigenvalue weighted by Gasteiger charge is -2.24. The van der Waals surface area contributed by atoms with Crippen LogP contribution in [0.3, 0.4) is 0 Å². The molecule has 18 heavy (non-hydrogen) atoms. The molecule has 6 nitrogen and oxygen atoms in total. The first-order chi connectivity index (χ1) is 7.75. The van der Waals surface area contributed by atoms with E-state index in [0.29, 0.717) is 12.5 Å². The second-order valence-corrected chi connectivity index (χ2v) is 4.69. The molecule has 108 valence electrons. The van der Waals surface area contributed by atoms with Gasteiger partial charge in [-0.1, -0.05) is 13.8 Å². The molecule has 0 saturated carbocycles. The molecule has 0 aliphatic rings. The van der Waals surface area contributed by atoms with Crippen LogP contribution in [-0.2, 0) is 4.79 Å². The van der Waals surface area contributed by atoms with Gasteiger partial charge in [0, 0.05) is 19.6 Å². The minimum atomic E-state index is -0.696. The van der Waals surface area contributed by atoms with E-state index < -0.39 is 12.1 Å². The van der Waals surface area contributed by atoms with Crippen molar-refractivity contribution in [2.24, 2.45) is 17.4 Å². The van der Waals surface area contributed by atoms with E-state index in [1.165, 1.54) is 0 Å². The summed E-state index contributed by atoms with van der Waals surface area (Å²) >= 11 is 0. The summed E-state index contributed by atoms with van der Waals surface area (Å²) in [4.78, 5) is 23.9. The molecule has 0 aliphatic heterocycles. The Bertz CT molecular complexity index is 274. The number of carbonyl (C=O) groups excluding carboxylic acids is 2. The van der Waals surface area contributed by atoms with Crippen LogP contribution in [0.2, 0.25) is 0 Å². The molecule has 0 fully saturated rings. The second-order valence-electron chi connectivity index (χ2n) is 4.69. The van der Waals surface area contributed by atoms with Crippen LogP contribution in [0.1, 0.15) is 27.2 Å². The third-order valence-electron chi connectivity index (χ3n) is 2.76. The van der Waals surface area contributed by atoms with E-state index in [9.17, 15) is 9.59 Å². The molecule has 0 spiro atoms. The van der Waals surface area contributed by atoms with Crippen molar-refractivity contribution in [3.05, 3.63) is 0 Å². The van der Waals surface area contributed by atoms with Crippen LogP contribution in [0.4, 0.5) is 4.79 Å². The highest BCUT2D eigenvalue weighted by Gasteiger charge is 2.19. The molecule has 0 bridgehead atoms. The van der Waals surface area contributed by atoms with E-state index in [-0.39, 0.29) is 24.4 Å². The molecule has 0 rings (SSSR count). The van der Waals surface area contributed by atoms with Gasteiger partial charge in [-0.3, -0.25) is 4.79 Å². The fourth-order valence-electron chi connectivity index (χ4n) is 1.39. The Labute approximate surface area is 115 Å². The maximum atomic E-state index is 11.8. The Morgan fingerprint density at radius 2 is 1.78 bits per heavy atom. The SMILES string of the molecule is CC(NC(N)=O)C(=O)N(C)CCC(N)C(C)C.Cl. The zero-order valence-corrected chi connectivity index (χ0v) is 12.3. The van der Waals surface area contributed by atoms with Gasteiger partial charge in [0.2, 0.25) is 5.91 Å². The predicted octanol–water partition coefficient (Wildman–Crippen LogP) is 0.297. The number of nitrogens with zero attached hydrogens (tertiary/aromatic N) is 1. The van der Waals surface area contributed by atoms with Crippen LogP contribution < -0.4 is 16.8 Å². The van der Waals surface area contributed by atoms with Crippen LogP contribution in [0.5, 0.6) is 0 Å². The number of rotatable bonds is 6.